The molecule has 0 bridgehead atoms. The minimum atomic E-state index is -0.320. The van der Waals surface area contributed by atoms with Crippen molar-refractivity contribution in [2.45, 2.75) is 59.7 Å². The minimum absolute atomic E-state index is 0.0323. The Bertz CT molecular complexity index is 1210. The van der Waals surface area contributed by atoms with Crippen LogP contribution in [0.15, 0.2) is 48.5 Å². The van der Waals surface area contributed by atoms with Crippen LogP contribution >= 0.6 is 0 Å². The molecule has 6 nitrogen and oxygen atoms in total. The van der Waals surface area contributed by atoms with Crippen molar-refractivity contribution >= 4 is 11.7 Å². The Morgan fingerprint density at radius 1 is 0.973 bits per heavy atom. The number of carbonyl (C=O) groups excluding carboxylic acids is 1. The second-order valence-electron chi connectivity index (χ2n) is 10.3. The first-order chi connectivity index (χ1) is 17.6. The molecule has 0 N–H and O–H groups in total. The predicted octanol–water partition coefficient (Wildman–Crippen LogP) is 4.97. The van der Waals surface area contributed by atoms with Crippen LogP contribution in [0, 0.1) is 18.6 Å². The average Bonchev–Trinajstić information content (AvgIpc) is 3.19. The summed E-state index contributed by atoms with van der Waals surface area (Å²) < 4.78 is 29.4. The SMILES string of the molecule is Cc1nn(-c2cccc(F)c2)c(N2CCN(C(C)C)CC2)c1CN(C(=O)Cc1ccc(F)cc1)C(C)C. The van der Waals surface area contributed by atoms with Gasteiger partial charge < -0.3 is 9.80 Å². The van der Waals surface area contributed by atoms with Crippen LogP contribution in [0.2, 0.25) is 0 Å². The monoisotopic (exact) mass is 509 g/mol. The molecule has 1 fully saturated rings. The predicted molar refractivity (Wildman–Crippen MR) is 143 cm³/mol. The van der Waals surface area contributed by atoms with Crippen molar-refractivity contribution < 1.29 is 13.6 Å². The fourth-order valence-corrected chi connectivity index (χ4v) is 4.90. The molecular formula is C29H37F2N5O. The minimum Gasteiger partial charge on any atom is -0.354 e. The third-order valence-corrected chi connectivity index (χ3v) is 7.09. The Morgan fingerprint density at radius 2 is 1.65 bits per heavy atom. The number of aromatic nitrogens is 2. The average molecular weight is 510 g/mol. The van der Waals surface area contributed by atoms with E-state index in [0.29, 0.717) is 18.3 Å². The van der Waals surface area contributed by atoms with Gasteiger partial charge in [0.2, 0.25) is 5.91 Å². The quantitative estimate of drug-likeness (QED) is 0.430. The Morgan fingerprint density at radius 3 is 2.24 bits per heavy atom. The first-order valence-electron chi connectivity index (χ1n) is 13.0. The highest BCUT2D eigenvalue weighted by atomic mass is 19.1. The van der Waals surface area contributed by atoms with Crippen molar-refractivity contribution in [3.05, 3.63) is 77.0 Å². The molecule has 1 aliphatic heterocycles. The molecule has 0 spiro atoms. The van der Waals surface area contributed by atoms with E-state index in [2.05, 4.69) is 23.6 Å². The van der Waals surface area contributed by atoms with E-state index in [1.165, 1.54) is 24.3 Å². The van der Waals surface area contributed by atoms with Gasteiger partial charge in [0, 0.05) is 43.8 Å². The molecule has 1 amide bonds. The maximum absolute atomic E-state index is 14.2. The van der Waals surface area contributed by atoms with Crippen LogP contribution in [0.3, 0.4) is 0 Å². The summed E-state index contributed by atoms with van der Waals surface area (Å²) in [4.78, 5) is 20.0. The molecule has 1 aliphatic rings. The van der Waals surface area contributed by atoms with E-state index >= 15 is 0 Å². The van der Waals surface area contributed by atoms with Crippen molar-refractivity contribution in [2.75, 3.05) is 31.1 Å². The van der Waals surface area contributed by atoms with Gasteiger partial charge in [0.15, 0.2) is 0 Å². The molecule has 1 aromatic heterocycles. The van der Waals surface area contributed by atoms with Gasteiger partial charge in [-0.1, -0.05) is 18.2 Å². The maximum atomic E-state index is 14.2. The fourth-order valence-electron chi connectivity index (χ4n) is 4.90. The van der Waals surface area contributed by atoms with Crippen LogP contribution in [0.4, 0.5) is 14.6 Å². The highest BCUT2D eigenvalue weighted by Gasteiger charge is 2.29. The summed E-state index contributed by atoms with van der Waals surface area (Å²) >= 11 is 0. The van der Waals surface area contributed by atoms with Gasteiger partial charge in [0.25, 0.3) is 0 Å². The number of nitrogens with zero attached hydrogens (tertiary/aromatic N) is 5. The zero-order valence-corrected chi connectivity index (χ0v) is 22.4. The summed E-state index contributed by atoms with van der Waals surface area (Å²) in [6.07, 6.45) is 0.192. The summed E-state index contributed by atoms with van der Waals surface area (Å²) in [7, 11) is 0. The van der Waals surface area contributed by atoms with E-state index < -0.39 is 0 Å². The van der Waals surface area contributed by atoms with Gasteiger partial charge in [-0.15, -0.1) is 0 Å². The lowest BCUT2D eigenvalue weighted by Crippen LogP contribution is -2.49. The number of anilines is 1. The van der Waals surface area contributed by atoms with Crippen LogP contribution in [0.5, 0.6) is 0 Å². The molecule has 37 heavy (non-hydrogen) atoms. The number of piperazine rings is 1. The molecule has 0 radical (unpaired) electrons. The standard InChI is InChI=1S/C29H37F2N5O/c1-20(2)33-13-15-34(16-14-33)29-27(22(5)32-36(29)26-8-6-7-25(31)18-26)19-35(21(3)4)28(37)17-23-9-11-24(30)12-10-23/h6-12,18,20-21H,13-17,19H2,1-5H3. The number of hydrogen-bond acceptors (Lipinski definition) is 4. The van der Waals surface area contributed by atoms with Gasteiger partial charge in [-0.05, 0) is 70.5 Å². The third kappa shape index (κ3) is 6.18. The Balaban J connectivity index is 1.69. The molecule has 0 saturated carbocycles. The topological polar surface area (TPSA) is 44.6 Å². The summed E-state index contributed by atoms with van der Waals surface area (Å²) in [5.74, 6) is 0.238. The molecule has 198 valence electrons. The molecule has 2 heterocycles. The van der Waals surface area contributed by atoms with Crippen molar-refractivity contribution in [3.63, 3.8) is 0 Å². The van der Waals surface area contributed by atoms with Crippen LogP contribution in [-0.2, 0) is 17.8 Å². The lowest BCUT2D eigenvalue weighted by molar-refractivity contribution is -0.132. The van der Waals surface area contributed by atoms with Gasteiger partial charge in [0.05, 0.1) is 24.3 Å². The normalized spacial score (nSPS) is 14.6. The second-order valence-corrected chi connectivity index (χ2v) is 10.3. The Kier molecular flexibility index (Phi) is 8.27. The van der Waals surface area contributed by atoms with Gasteiger partial charge in [-0.3, -0.25) is 9.69 Å². The summed E-state index contributed by atoms with van der Waals surface area (Å²) in [5.41, 5.74) is 3.20. The number of carbonyl (C=O) groups is 1. The summed E-state index contributed by atoms with van der Waals surface area (Å²) in [5, 5.41) is 4.83. The molecule has 8 heteroatoms. The van der Waals surface area contributed by atoms with Crippen LogP contribution < -0.4 is 4.90 Å². The highest BCUT2D eigenvalue weighted by Crippen LogP contribution is 2.31. The number of halogens is 2. The lowest BCUT2D eigenvalue weighted by atomic mass is 10.1. The molecule has 4 rings (SSSR count). The van der Waals surface area contributed by atoms with Crippen LogP contribution in [-0.4, -0.2) is 63.8 Å². The number of aryl methyl sites for hydroxylation is 1. The smallest absolute Gasteiger partial charge is 0.227 e. The molecule has 0 unspecified atom stereocenters. The van der Waals surface area contributed by atoms with Crippen LogP contribution in [0.25, 0.3) is 5.69 Å². The fraction of sp³-hybridized carbons (Fsp3) is 0.448. The summed E-state index contributed by atoms with van der Waals surface area (Å²) in [6, 6.07) is 12.9. The van der Waals surface area contributed by atoms with E-state index in [0.717, 1.165) is 48.8 Å². The van der Waals surface area contributed by atoms with Crippen LogP contribution in [0.1, 0.15) is 44.5 Å². The summed E-state index contributed by atoms with van der Waals surface area (Å²) in [6.45, 7) is 14.2. The number of benzene rings is 2. The molecule has 2 aromatic carbocycles. The first-order valence-corrected chi connectivity index (χ1v) is 13.0. The zero-order valence-electron chi connectivity index (χ0n) is 22.4. The Labute approximate surface area is 218 Å². The first kappa shape index (κ1) is 26.8. The van der Waals surface area contributed by atoms with Gasteiger partial charge in [-0.25, -0.2) is 13.5 Å². The second kappa shape index (κ2) is 11.4. The zero-order chi connectivity index (χ0) is 26.7. The van der Waals surface area contributed by atoms with Crippen molar-refractivity contribution in [1.82, 2.24) is 19.6 Å². The third-order valence-electron chi connectivity index (χ3n) is 7.09. The molecule has 0 atom stereocenters. The van der Waals surface area contributed by atoms with Gasteiger partial charge in [-0.2, -0.15) is 5.10 Å². The molecule has 0 aliphatic carbocycles. The van der Waals surface area contributed by atoms with E-state index in [4.69, 9.17) is 5.10 Å². The van der Waals surface area contributed by atoms with E-state index in [-0.39, 0.29) is 30.0 Å². The molecule has 3 aromatic rings. The number of amides is 1. The van der Waals surface area contributed by atoms with Crippen molar-refractivity contribution in [3.8, 4) is 5.69 Å². The maximum Gasteiger partial charge on any atom is 0.227 e. The molecule has 1 saturated heterocycles. The molecular weight excluding hydrogens is 472 g/mol. The lowest BCUT2D eigenvalue weighted by Gasteiger charge is -2.39. The van der Waals surface area contributed by atoms with E-state index in [9.17, 15) is 13.6 Å². The van der Waals surface area contributed by atoms with E-state index in [1.54, 1.807) is 18.2 Å². The Hall–Kier alpha value is -3.26. The largest absolute Gasteiger partial charge is 0.354 e. The van der Waals surface area contributed by atoms with Gasteiger partial charge >= 0.3 is 0 Å². The number of rotatable bonds is 8. The van der Waals surface area contributed by atoms with Gasteiger partial charge in [0.1, 0.15) is 17.5 Å². The van der Waals surface area contributed by atoms with E-state index in [1.807, 2.05) is 36.4 Å². The number of hydrogen-bond donors (Lipinski definition) is 0. The highest BCUT2D eigenvalue weighted by molar-refractivity contribution is 5.79. The van der Waals surface area contributed by atoms with Crippen molar-refractivity contribution in [2.24, 2.45) is 0 Å². The van der Waals surface area contributed by atoms with Crippen molar-refractivity contribution in [1.29, 1.82) is 0 Å².